The average Bonchev–Trinajstić information content (AvgIpc) is 3.56. The van der Waals surface area contributed by atoms with Crippen LogP contribution in [0.4, 0.5) is 0 Å². The molecule has 0 atom stereocenters. The van der Waals surface area contributed by atoms with Gasteiger partial charge in [-0.2, -0.15) is 0 Å². The van der Waals surface area contributed by atoms with Crippen molar-refractivity contribution in [3.63, 3.8) is 0 Å². The molecule has 2 aliphatic carbocycles. The monoisotopic (exact) mass is 732 g/mol. The second kappa shape index (κ2) is 17.4. The van der Waals surface area contributed by atoms with E-state index in [1.165, 1.54) is 73.8 Å². The van der Waals surface area contributed by atoms with Gasteiger partial charge in [-0.25, -0.2) is 19.6 Å². The molecule has 4 aromatic rings. The number of H-pyrrole nitrogens is 2. The van der Waals surface area contributed by atoms with Crippen LogP contribution in [0, 0.1) is 13.8 Å². The maximum absolute atomic E-state index is 12.2. The number of carbonyl (C=O) groups excluding carboxylic acids is 1. The first-order valence-electron chi connectivity index (χ1n) is 18.7. The van der Waals surface area contributed by atoms with Gasteiger partial charge < -0.3 is 35.1 Å². The number of nitrogens with zero attached hydrogens (tertiary/aromatic N) is 4. The van der Waals surface area contributed by atoms with Crippen molar-refractivity contribution in [2.75, 3.05) is 47.4 Å². The number of aryl methyl sites for hydroxylation is 2. The molecule has 0 amide bonds. The number of aromatic nitrogens is 4. The van der Waals surface area contributed by atoms with E-state index < -0.39 is 5.97 Å². The molecular weight excluding hydrogens is 679 g/mol. The number of ether oxygens (including phenoxy) is 1. The number of nitrogens with one attached hydrogen (secondary N) is 2. The van der Waals surface area contributed by atoms with Gasteiger partial charge in [0.25, 0.3) is 0 Å². The van der Waals surface area contributed by atoms with Crippen molar-refractivity contribution in [3.8, 4) is 22.8 Å². The summed E-state index contributed by atoms with van der Waals surface area (Å²) < 4.78 is 4.98. The Morgan fingerprint density at radius 2 is 1.13 bits per heavy atom. The normalized spacial score (nSPS) is 17.6. The number of methoxy groups -OCH3 is 1. The summed E-state index contributed by atoms with van der Waals surface area (Å²) in [6.45, 7) is 8.01. The third-order valence-corrected chi connectivity index (χ3v) is 11.7. The zero-order valence-corrected chi connectivity index (χ0v) is 34.3. The van der Waals surface area contributed by atoms with Crippen LogP contribution in [-0.2, 0) is 30.4 Å². The van der Waals surface area contributed by atoms with E-state index in [2.05, 4.69) is 46.0 Å². The standard InChI is InChI=1S/C21H27N3O2.C20H25N3O2.Na.H2O/c1-13-11-16(14-5-4-6-14)17(12-15(13)21(25)26-3)20-22-18-7-9-24(2)10-8-19(18)23-20;1-12-10-15(13-4-3-5-13)16(11-14(12)20(24)25)19-21-17-6-8-23(2)9-7-18(17)22-19;;/h11-12,14H,4-10H2,1-3H3,(H,22,23);10-11,13H,3-9H2,1-2H3,(H,21,22)(H,24,25);;1H2/q;;+1;/p-1. The van der Waals surface area contributed by atoms with Crippen LogP contribution in [0.3, 0.4) is 0 Å². The number of aromatic amines is 2. The van der Waals surface area contributed by atoms with Crippen LogP contribution in [0.25, 0.3) is 22.8 Å². The quantitative estimate of drug-likeness (QED) is 0.199. The molecule has 53 heavy (non-hydrogen) atoms. The number of benzene rings is 2. The minimum atomic E-state index is -0.867. The van der Waals surface area contributed by atoms with E-state index in [1.54, 1.807) is 0 Å². The van der Waals surface area contributed by atoms with Crippen LogP contribution in [0.15, 0.2) is 24.3 Å². The minimum absolute atomic E-state index is 0. The summed E-state index contributed by atoms with van der Waals surface area (Å²) in [7, 11) is 5.73. The van der Waals surface area contributed by atoms with E-state index in [1.807, 2.05) is 26.0 Å². The van der Waals surface area contributed by atoms with E-state index in [0.717, 1.165) is 91.5 Å². The van der Waals surface area contributed by atoms with Crippen LogP contribution < -0.4 is 29.6 Å². The number of carbonyl (C=O) groups is 2. The summed E-state index contributed by atoms with van der Waals surface area (Å²) in [5, 5.41) is 9.53. The predicted molar refractivity (Wildman–Crippen MR) is 201 cm³/mol. The number of esters is 1. The third kappa shape index (κ3) is 8.66. The molecule has 2 aliphatic heterocycles. The van der Waals surface area contributed by atoms with Gasteiger partial charge in [0.2, 0.25) is 0 Å². The molecule has 4 aliphatic rings. The van der Waals surface area contributed by atoms with Crippen LogP contribution in [0.2, 0.25) is 0 Å². The largest absolute Gasteiger partial charge is 1.00 e. The second-order valence-electron chi connectivity index (χ2n) is 15.2. The fraction of sp³-hybridized carbons (Fsp3) is 0.512. The van der Waals surface area contributed by atoms with Crippen molar-refractivity contribution in [3.05, 3.63) is 80.4 Å². The number of fused-ring (bicyclic) bond motifs is 2. The number of likely N-dealkylation sites (N-methyl/N-ethyl adjacent to an activating group) is 2. The molecule has 2 aromatic heterocycles. The molecule has 0 spiro atoms. The molecule has 2 saturated carbocycles. The molecule has 12 heteroatoms. The fourth-order valence-electron chi connectivity index (χ4n) is 7.94. The van der Waals surface area contributed by atoms with Crippen molar-refractivity contribution in [2.24, 2.45) is 0 Å². The summed E-state index contributed by atoms with van der Waals surface area (Å²) >= 11 is 0. The number of carboxylic acid groups (broad SMARTS) is 1. The smallest absolute Gasteiger partial charge is 0.870 e. The Balaban J connectivity index is 0.000000197. The average molecular weight is 733 g/mol. The van der Waals surface area contributed by atoms with Crippen molar-refractivity contribution in [1.82, 2.24) is 29.7 Å². The first-order valence-corrected chi connectivity index (χ1v) is 18.7. The third-order valence-electron chi connectivity index (χ3n) is 11.7. The predicted octanol–water partition coefficient (Wildman–Crippen LogP) is 3.68. The topological polar surface area (TPSA) is 157 Å². The first kappa shape index (κ1) is 40.9. The van der Waals surface area contributed by atoms with Gasteiger partial charge in [-0.15, -0.1) is 0 Å². The molecule has 2 aromatic carbocycles. The van der Waals surface area contributed by atoms with Gasteiger partial charge in [-0.1, -0.05) is 25.0 Å². The number of hydrogen-bond donors (Lipinski definition) is 3. The van der Waals surface area contributed by atoms with Gasteiger partial charge in [-0.3, -0.25) is 0 Å². The van der Waals surface area contributed by atoms with Crippen LogP contribution in [-0.4, -0.2) is 99.6 Å². The first-order chi connectivity index (χ1) is 24.6. The van der Waals surface area contributed by atoms with Gasteiger partial charge in [0.15, 0.2) is 0 Å². The molecule has 4 N–H and O–H groups in total. The van der Waals surface area contributed by atoms with E-state index >= 15 is 0 Å². The minimum Gasteiger partial charge on any atom is -0.870 e. The van der Waals surface area contributed by atoms with Crippen molar-refractivity contribution in [1.29, 1.82) is 0 Å². The summed E-state index contributed by atoms with van der Waals surface area (Å²) in [4.78, 5) is 45.4. The van der Waals surface area contributed by atoms with Crippen molar-refractivity contribution < 1.29 is 54.5 Å². The molecule has 0 unspecified atom stereocenters. The maximum atomic E-state index is 12.2. The van der Waals surface area contributed by atoms with Crippen molar-refractivity contribution >= 4 is 11.9 Å². The molecule has 278 valence electrons. The Kier molecular flexibility index (Phi) is 13.4. The number of carboxylic acids is 1. The molecule has 0 radical (unpaired) electrons. The number of imidazole rings is 2. The summed E-state index contributed by atoms with van der Waals surface area (Å²) in [6, 6.07) is 8.06. The second-order valence-corrected chi connectivity index (χ2v) is 15.2. The van der Waals surface area contributed by atoms with E-state index in [4.69, 9.17) is 14.7 Å². The number of aromatic carboxylic acids is 1. The van der Waals surface area contributed by atoms with E-state index in [0.29, 0.717) is 23.0 Å². The molecule has 4 heterocycles. The summed E-state index contributed by atoms with van der Waals surface area (Å²) in [5.41, 5.74) is 12.2. The Morgan fingerprint density at radius 1 is 0.717 bits per heavy atom. The Bertz CT molecular complexity index is 1890. The number of rotatable bonds is 6. The van der Waals surface area contributed by atoms with Gasteiger partial charge in [0.1, 0.15) is 11.6 Å². The summed E-state index contributed by atoms with van der Waals surface area (Å²) in [6.07, 6.45) is 11.2. The summed E-state index contributed by atoms with van der Waals surface area (Å²) in [5.74, 6) is 1.72. The molecule has 11 nitrogen and oxygen atoms in total. The fourth-order valence-corrected chi connectivity index (χ4v) is 7.94. The number of hydrogen-bond acceptors (Lipinski definition) is 8. The van der Waals surface area contributed by atoms with Gasteiger partial charge >= 0.3 is 41.5 Å². The zero-order chi connectivity index (χ0) is 35.8. The van der Waals surface area contributed by atoms with Crippen LogP contribution in [0.1, 0.15) is 116 Å². The maximum Gasteiger partial charge on any atom is 1.00 e. The van der Waals surface area contributed by atoms with Crippen molar-refractivity contribution in [2.45, 2.75) is 89.9 Å². The molecule has 0 bridgehead atoms. The zero-order valence-electron chi connectivity index (χ0n) is 32.3. The Labute approximate surface area is 334 Å². The van der Waals surface area contributed by atoms with Gasteiger partial charge in [0, 0.05) is 74.4 Å². The molecule has 0 saturated heterocycles. The van der Waals surface area contributed by atoms with Gasteiger partial charge in [0.05, 0.1) is 29.6 Å². The Hall–Kier alpha value is -3.32. The molecular formula is C41H53N6NaO5. The Morgan fingerprint density at radius 3 is 1.53 bits per heavy atom. The van der Waals surface area contributed by atoms with Gasteiger partial charge in [-0.05, 0) is 99.8 Å². The van der Waals surface area contributed by atoms with E-state index in [9.17, 15) is 14.7 Å². The van der Waals surface area contributed by atoms with Crippen LogP contribution in [0.5, 0.6) is 0 Å². The molecule has 8 rings (SSSR count). The SMILES string of the molecule is COC(=O)c1cc(-c2nc3c([nH]2)CCN(C)CC3)c(C2CCC2)cc1C.Cc1cc(C2CCC2)c(-c2nc3c([nH]2)CCN(C)CC3)cc1C(=O)O.[Na+].[OH-]. The van der Waals surface area contributed by atoms with E-state index in [-0.39, 0.29) is 41.0 Å². The molecule has 2 fully saturated rings. The van der Waals surface area contributed by atoms with Crippen LogP contribution >= 0.6 is 0 Å².